The molecule has 3 heteroatoms. The summed E-state index contributed by atoms with van der Waals surface area (Å²) in [5.74, 6) is 0. The molecule has 0 aliphatic rings. The number of anilines is 3. The number of nitrogens with zero attached hydrogens (tertiary/aromatic N) is 2. The highest BCUT2D eigenvalue weighted by atomic mass is 16.3. The molecule has 3 nitrogen and oxygen atoms in total. The van der Waals surface area contributed by atoms with Crippen LogP contribution in [0.15, 0.2) is 186 Å². The summed E-state index contributed by atoms with van der Waals surface area (Å²) in [7, 11) is 0. The Kier molecular flexibility index (Phi) is 6.18. The van der Waals surface area contributed by atoms with Crippen molar-refractivity contribution in [2.24, 2.45) is 0 Å². The molecule has 0 N–H and O–H groups in total. The van der Waals surface area contributed by atoms with Crippen molar-refractivity contribution < 1.29 is 4.42 Å². The normalized spacial score (nSPS) is 11.7. The fraction of sp³-hybridized carbons (Fsp3) is 0. The third-order valence-electron chi connectivity index (χ3n) is 9.76. The Morgan fingerprint density at radius 2 is 1.06 bits per heavy atom. The van der Waals surface area contributed by atoms with E-state index in [-0.39, 0.29) is 0 Å². The van der Waals surface area contributed by atoms with Crippen LogP contribution in [0.5, 0.6) is 0 Å². The lowest BCUT2D eigenvalue weighted by molar-refractivity contribution is 0.669. The molecule has 0 saturated heterocycles. The van der Waals surface area contributed by atoms with Crippen LogP contribution in [0.1, 0.15) is 0 Å². The monoisotopic (exact) mass is 626 g/mol. The molecular formula is C46H30N2O. The molecule has 49 heavy (non-hydrogen) atoms. The summed E-state index contributed by atoms with van der Waals surface area (Å²) in [5.41, 5.74) is 11.0. The third-order valence-corrected chi connectivity index (χ3v) is 9.76. The minimum atomic E-state index is 0.899. The Morgan fingerprint density at radius 3 is 1.90 bits per heavy atom. The lowest BCUT2D eigenvalue weighted by Crippen LogP contribution is -2.12. The quantitative estimate of drug-likeness (QED) is 0.190. The first-order valence-corrected chi connectivity index (χ1v) is 16.7. The fourth-order valence-electron chi connectivity index (χ4n) is 7.54. The van der Waals surface area contributed by atoms with Crippen molar-refractivity contribution in [3.63, 3.8) is 0 Å². The van der Waals surface area contributed by atoms with Crippen LogP contribution in [0.25, 0.3) is 71.3 Å². The van der Waals surface area contributed by atoms with E-state index in [4.69, 9.17) is 4.42 Å². The van der Waals surface area contributed by atoms with Crippen LogP contribution in [-0.2, 0) is 0 Å². The summed E-state index contributed by atoms with van der Waals surface area (Å²) in [4.78, 5) is 2.44. The number of para-hydroxylation sites is 4. The van der Waals surface area contributed by atoms with E-state index in [0.29, 0.717) is 0 Å². The maximum atomic E-state index is 6.32. The van der Waals surface area contributed by atoms with Gasteiger partial charge in [0.25, 0.3) is 0 Å². The van der Waals surface area contributed by atoms with Gasteiger partial charge >= 0.3 is 0 Å². The molecule has 0 aliphatic carbocycles. The molecular weight excluding hydrogens is 597 g/mol. The van der Waals surface area contributed by atoms with Gasteiger partial charge in [0.05, 0.1) is 22.4 Å². The maximum absolute atomic E-state index is 6.32. The largest absolute Gasteiger partial charge is 0.456 e. The minimum absolute atomic E-state index is 0.899. The highest BCUT2D eigenvalue weighted by molar-refractivity contribution is 6.17. The predicted octanol–water partition coefficient (Wildman–Crippen LogP) is 13.0. The van der Waals surface area contributed by atoms with Gasteiger partial charge in [-0.2, -0.15) is 0 Å². The van der Waals surface area contributed by atoms with Gasteiger partial charge in [-0.25, -0.2) is 0 Å². The van der Waals surface area contributed by atoms with Crippen molar-refractivity contribution in [1.82, 2.24) is 4.57 Å². The van der Waals surface area contributed by atoms with Gasteiger partial charge in [0.1, 0.15) is 11.2 Å². The predicted molar refractivity (Wildman–Crippen MR) is 206 cm³/mol. The first-order chi connectivity index (χ1) is 24.3. The summed E-state index contributed by atoms with van der Waals surface area (Å²) in [6.07, 6.45) is 0. The summed E-state index contributed by atoms with van der Waals surface area (Å²) < 4.78 is 8.74. The summed E-state index contributed by atoms with van der Waals surface area (Å²) in [5, 5.41) is 6.97. The van der Waals surface area contributed by atoms with Crippen LogP contribution in [0.4, 0.5) is 17.1 Å². The first-order valence-electron chi connectivity index (χ1n) is 16.7. The molecule has 230 valence electrons. The molecule has 0 bridgehead atoms. The molecule has 2 aromatic heterocycles. The van der Waals surface area contributed by atoms with Gasteiger partial charge in [-0.05, 0) is 77.2 Å². The van der Waals surface area contributed by atoms with Gasteiger partial charge < -0.3 is 13.9 Å². The second-order valence-electron chi connectivity index (χ2n) is 12.6. The molecule has 0 atom stereocenters. The number of hydrogen-bond acceptors (Lipinski definition) is 2. The molecule has 0 saturated carbocycles. The van der Waals surface area contributed by atoms with Crippen LogP contribution >= 0.6 is 0 Å². The molecule has 2 heterocycles. The van der Waals surface area contributed by atoms with Gasteiger partial charge in [-0.15, -0.1) is 0 Å². The van der Waals surface area contributed by atoms with E-state index < -0.39 is 0 Å². The van der Waals surface area contributed by atoms with E-state index in [2.05, 4.69) is 179 Å². The Balaban J connectivity index is 1.30. The molecule has 0 amide bonds. The van der Waals surface area contributed by atoms with Crippen LogP contribution in [0.3, 0.4) is 0 Å². The van der Waals surface area contributed by atoms with Crippen LogP contribution in [0.2, 0.25) is 0 Å². The zero-order valence-electron chi connectivity index (χ0n) is 26.6. The fourth-order valence-corrected chi connectivity index (χ4v) is 7.54. The van der Waals surface area contributed by atoms with E-state index in [0.717, 1.165) is 61.0 Å². The highest BCUT2D eigenvalue weighted by Gasteiger charge is 2.23. The van der Waals surface area contributed by atoms with Crippen molar-refractivity contribution in [2.45, 2.75) is 0 Å². The lowest BCUT2D eigenvalue weighted by Gasteiger charge is -2.28. The second kappa shape index (κ2) is 11.0. The molecule has 0 aliphatic heterocycles. The minimum Gasteiger partial charge on any atom is -0.456 e. The van der Waals surface area contributed by atoms with E-state index >= 15 is 0 Å². The average Bonchev–Trinajstić information content (AvgIpc) is 3.71. The number of furan rings is 1. The third kappa shape index (κ3) is 4.37. The van der Waals surface area contributed by atoms with Gasteiger partial charge in [-0.1, -0.05) is 121 Å². The van der Waals surface area contributed by atoms with Gasteiger partial charge in [0, 0.05) is 38.3 Å². The maximum Gasteiger partial charge on any atom is 0.136 e. The smallest absolute Gasteiger partial charge is 0.136 e. The summed E-state index contributed by atoms with van der Waals surface area (Å²) >= 11 is 0. The molecule has 10 aromatic rings. The molecule has 0 unspecified atom stereocenters. The number of benzene rings is 8. The second-order valence-corrected chi connectivity index (χ2v) is 12.6. The number of fused-ring (bicyclic) bond motifs is 7. The van der Waals surface area contributed by atoms with Crippen molar-refractivity contribution in [2.75, 3.05) is 4.90 Å². The van der Waals surface area contributed by atoms with Gasteiger partial charge in [-0.3, -0.25) is 0 Å². The molecule has 0 spiro atoms. The van der Waals surface area contributed by atoms with Crippen LogP contribution in [0, 0.1) is 0 Å². The van der Waals surface area contributed by atoms with Gasteiger partial charge in [0.2, 0.25) is 0 Å². The van der Waals surface area contributed by atoms with E-state index in [1.165, 1.54) is 27.4 Å². The molecule has 8 aromatic carbocycles. The Morgan fingerprint density at radius 1 is 0.408 bits per heavy atom. The van der Waals surface area contributed by atoms with Crippen LogP contribution < -0.4 is 4.90 Å². The molecule has 0 radical (unpaired) electrons. The van der Waals surface area contributed by atoms with Gasteiger partial charge in [0.15, 0.2) is 0 Å². The Bertz CT molecular complexity index is 2810. The first kappa shape index (κ1) is 27.5. The lowest BCUT2D eigenvalue weighted by atomic mass is 10.0. The summed E-state index contributed by atoms with van der Waals surface area (Å²) in [6, 6.07) is 65.1. The van der Waals surface area contributed by atoms with E-state index in [1.54, 1.807) is 0 Å². The topological polar surface area (TPSA) is 21.3 Å². The van der Waals surface area contributed by atoms with E-state index in [9.17, 15) is 0 Å². The van der Waals surface area contributed by atoms with Crippen molar-refractivity contribution in [3.8, 4) is 16.8 Å². The van der Waals surface area contributed by atoms with Crippen molar-refractivity contribution >= 4 is 71.6 Å². The standard InChI is InChI=1S/C46H30N2O/c1-3-13-31(14-4-1)32-25-27-35(28-26-32)47(42-22-11-15-33-29-45-40(30-39(33)42)37-19-8-10-24-44(37)49-45)43-23-12-20-38-36-18-7-9-21-41(36)48(46(38)43)34-16-5-2-6-17-34/h1-30H. The molecule has 10 rings (SSSR count). The summed E-state index contributed by atoms with van der Waals surface area (Å²) in [6.45, 7) is 0. The van der Waals surface area contributed by atoms with Crippen molar-refractivity contribution in [1.29, 1.82) is 0 Å². The van der Waals surface area contributed by atoms with Crippen LogP contribution in [-0.4, -0.2) is 4.57 Å². The Hall–Kier alpha value is -6.58. The number of rotatable bonds is 5. The SMILES string of the molecule is c1ccc(-c2ccc(N(c3cccc4cc5oc6ccccc6c5cc34)c3cccc4c5ccccc5n(-c5ccccc5)c34)cc2)cc1. The average molecular weight is 627 g/mol. The number of hydrogen-bond donors (Lipinski definition) is 0. The zero-order valence-corrected chi connectivity index (χ0v) is 26.6. The number of aromatic nitrogens is 1. The zero-order chi connectivity index (χ0) is 32.3. The Labute approximate surface area is 283 Å². The highest BCUT2D eigenvalue weighted by Crippen LogP contribution is 2.46. The molecule has 0 fully saturated rings. The van der Waals surface area contributed by atoms with E-state index in [1.807, 2.05) is 12.1 Å². The van der Waals surface area contributed by atoms with Crippen molar-refractivity contribution in [3.05, 3.63) is 182 Å².